The molecule has 0 radical (unpaired) electrons. The highest BCUT2D eigenvalue weighted by Gasteiger charge is 2.47. The minimum atomic E-state index is 0.0936. The molecule has 23 heavy (non-hydrogen) atoms. The van der Waals surface area contributed by atoms with Crippen LogP contribution in [-0.4, -0.2) is 27.4 Å². The Labute approximate surface area is 139 Å². The Morgan fingerprint density at radius 1 is 1.30 bits per heavy atom. The molecule has 1 aliphatic rings. The van der Waals surface area contributed by atoms with Crippen LogP contribution in [0.25, 0.3) is 0 Å². The molecule has 0 saturated heterocycles. The topological polar surface area (TPSA) is 38.1 Å². The molecule has 2 aromatic rings. The number of aromatic nitrogens is 2. The van der Waals surface area contributed by atoms with Crippen LogP contribution >= 0.6 is 0 Å². The first-order chi connectivity index (χ1) is 11.1. The van der Waals surface area contributed by atoms with Gasteiger partial charge in [-0.3, -0.25) is 4.79 Å². The number of carbonyl (C=O) groups excluding carboxylic acids is 1. The van der Waals surface area contributed by atoms with Crippen LogP contribution in [0.3, 0.4) is 0 Å². The summed E-state index contributed by atoms with van der Waals surface area (Å²) in [4.78, 5) is 18.8. The average molecular weight is 313 g/mol. The van der Waals surface area contributed by atoms with E-state index in [0.29, 0.717) is 5.92 Å². The van der Waals surface area contributed by atoms with Gasteiger partial charge < -0.3 is 9.47 Å². The number of imidazole rings is 1. The number of aryl methyl sites for hydroxylation is 1. The summed E-state index contributed by atoms with van der Waals surface area (Å²) in [6, 6.07) is 10.3. The Kier molecular flexibility index (Phi) is 5.59. The zero-order valence-electron chi connectivity index (χ0n) is 14.7. The molecule has 1 fully saturated rings. The molecule has 124 valence electrons. The maximum absolute atomic E-state index is 12.6. The first-order valence-corrected chi connectivity index (χ1v) is 8.37. The third-order valence-electron chi connectivity index (χ3n) is 4.42. The Morgan fingerprint density at radius 2 is 1.96 bits per heavy atom. The van der Waals surface area contributed by atoms with Crippen LogP contribution < -0.4 is 0 Å². The molecule has 1 aromatic heterocycles. The van der Waals surface area contributed by atoms with Gasteiger partial charge in [0.05, 0.1) is 18.1 Å². The Hall–Kier alpha value is -2.10. The van der Waals surface area contributed by atoms with Crippen LogP contribution in [0.2, 0.25) is 0 Å². The van der Waals surface area contributed by atoms with Crippen molar-refractivity contribution in [2.75, 3.05) is 7.05 Å². The number of hydrogen-bond acceptors (Lipinski definition) is 2. The predicted molar refractivity (Wildman–Crippen MR) is 93.0 cm³/mol. The maximum Gasteiger partial charge on any atom is 0.226 e. The Balaban J connectivity index is 0.000000924. The summed E-state index contributed by atoms with van der Waals surface area (Å²) >= 11 is 0. The van der Waals surface area contributed by atoms with Gasteiger partial charge in [0.25, 0.3) is 0 Å². The monoisotopic (exact) mass is 313 g/mol. The molecule has 1 saturated carbocycles. The largest absolute Gasteiger partial charge is 0.340 e. The lowest BCUT2D eigenvalue weighted by atomic mass is 10.1. The second-order valence-electron chi connectivity index (χ2n) is 5.95. The molecule has 1 aliphatic carbocycles. The van der Waals surface area contributed by atoms with Crippen LogP contribution in [-0.2, 0) is 11.8 Å². The molecule has 0 spiro atoms. The minimum Gasteiger partial charge on any atom is -0.340 e. The molecule has 1 heterocycles. The smallest absolute Gasteiger partial charge is 0.226 e. The Morgan fingerprint density at radius 3 is 2.52 bits per heavy atom. The van der Waals surface area contributed by atoms with Crippen LogP contribution in [0.5, 0.6) is 0 Å². The number of rotatable bonds is 4. The van der Waals surface area contributed by atoms with E-state index in [1.807, 2.05) is 61.8 Å². The van der Waals surface area contributed by atoms with Gasteiger partial charge in [-0.15, -0.1) is 0 Å². The molecule has 3 rings (SSSR count). The van der Waals surface area contributed by atoms with Gasteiger partial charge in [0.15, 0.2) is 0 Å². The van der Waals surface area contributed by atoms with Gasteiger partial charge >= 0.3 is 0 Å². The van der Waals surface area contributed by atoms with E-state index in [1.165, 1.54) is 5.56 Å². The molecule has 0 aliphatic heterocycles. The lowest BCUT2D eigenvalue weighted by molar-refractivity contribution is -0.133. The van der Waals surface area contributed by atoms with Crippen molar-refractivity contribution in [1.29, 1.82) is 0 Å². The fourth-order valence-corrected chi connectivity index (χ4v) is 2.83. The second-order valence-corrected chi connectivity index (χ2v) is 5.95. The van der Waals surface area contributed by atoms with Crippen molar-refractivity contribution in [3.63, 3.8) is 0 Å². The summed E-state index contributed by atoms with van der Waals surface area (Å²) < 4.78 is 1.94. The highest BCUT2D eigenvalue weighted by atomic mass is 16.2. The molecular formula is C19H27N3O. The van der Waals surface area contributed by atoms with Crippen LogP contribution in [0, 0.1) is 5.92 Å². The fourth-order valence-electron chi connectivity index (χ4n) is 2.83. The van der Waals surface area contributed by atoms with Gasteiger partial charge in [0.2, 0.25) is 5.91 Å². The zero-order chi connectivity index (χ0) is 17.0. The molecule has 1 amide bonds. The SMILES string of the molecule is CC.CC(c1ccccc1)N(C)C(=O)C1C[C@H]1c1cn(C)cn1. The molecule has 0 bridgehead atoms. The molecule has 2 unspecified atom stereocenters. The standard InChI is InChI=1S/C17H21N3O.C2H6/c1-12(13-7-5-4-6-8-13)20(3)17(21)15-9-14(15)16-10-19(2)11-18-16;1-2/h4-8,10-12,14-15H,9H2,1-3H3;1-2H3/t12?,14-,15?;/m1./s1. The number of carbonyl (C=O) groups is 1. The van der Waals surface area contributed by atoms with E-state index in [2.05, 4.69) is 24.0 Å². The van der Waals surface area contributed by atoms with Gasteiger partial charge in [-0.1, -0.05) is 44.2 Å². The normalized spacial score (nSPS) is 20.2. The lowest BCUT2D eigenvalue weighted by Gasteiger charge is -2.25. The third-order valence-corrected chi connectivity index (χ3v) is 4.42. The van der Waals surface area contributed by atoms with E-state index in [1.54, 1.807) is 6.33 Å². The van der Waals surface area contributed by atoms with Crippen molar-refractivity contribution in [1.82, 2.24) is 14.5 Å². The van der Waals surface area contributed by atoms with Crippen molar-refractivity contribution in [3.8, 4) is 0 Å². The van der Waals surface area contributed by atoms with Crippen molar-refractivity contribution in [2.45, 2.75) is 39.2 Å². The van der Waals surface area contributed by atoms with E-state index < -0.39 is 0 Å². The van der Waals surface area contributed by atoms with Gasteiger partial charge in [0, 0.05) is 32.1 Å². The minimum absolute atomic E-state index is 0.0936. The predicted octanol–water partition coefficient (Wildman–Crippen LogP) is 3.77. The number of nitrogens with zero attached hydrogens (tertiary/aromatic N) is 3. The van der Waals surface area contributed by atoms with Gasteiger partial charge in [0.1, 0.15) is 0 Å². The first-order valence-electron chi connectivity index (χ1n) is 8.37. The third kappa shape index (κ3) is 3.81. The summed E-state index contributed by atoms with van der Waals surface area (Å²) in [5.41, 5.74) is 2.21. The quantitative estimate of drug-likeness (QED) is 0.862. The van der Waals surface area contributed by atoms with E-state index in [0.717, 1.165) is 12.1 Å². The number of benzene rings is 1. The summed E-state index contributed by atoms with van der Waals surface area (Å²) in [6.45, 7) is 6.07. The molecule has 4 nitrogen and oxygen atoms in total. The highest BCUT2D eigenvalue weighted by Crippen LogP contribution is 2.48. The Bertz CT molecular complexity index is 635. The lowest BCUT2D eigenvalue weighted by Crippen LogP contribution is -2.31. The van der Waals surface area contributed by atoms with Gasteiger partial charge in [-0.25, -0.2) is 4.98 Å². The molecule has 4 heteroatoms. The highest BCUT2D eigenvalue weighted by molar-refractivity contribution is 5.83. The van der Waals surface area contributed by atoms with Crippen LogP contribution in [0.4, 0.5) is 0 Å². The van der Waals surface area contributed by atoms with Crippen LogP contribution in [0.1, 0.15) is 50.4 Å². The first kappa shape index (κ1) is 17.3. The zero-order valence-corrected chi connectivity index (χ0v) is 14.7. The molecule has 0 N–H and O–H groups in total. The number of hydrogen-bond donors (Lipinski definition) is 0. The summed E-state index contributed by atoms with van der Waals surface area (Å²) in [7, 11) is 3.85. The van der Waals surface area contributed by atoms with Crippen molar-refractivity contribution < 1.29 is 4.79 Å². The maximum atomic E-state index is 12.6. The summed E-state index contributed by atoms with van der Waals surface area (Å²) in [5.74, 6) is 0.613. The average Bonchev–Trinajstić information content (AvgIpc) is 3.29. The summed E-state index contributed by atoms with van der Waals surface area (Å²) in [6.07, 6.45) is 4.73. The molecule has 3 atom stereocenters. The molecular weight excluding hydrogens is 286 g/mol. The number of amides is 1. The van der Waals surface area contributed by atoms with E-state index in [-0.39, 0.29) is 17.9 Å². The van der Waals surface area contributed by atoms with Gasteiger partial charge in [-0.2, -0.15) is 0 Å². The fraction of sp³-hybridized carbons (Fsp3) is 0.474. The van der Waals surface area contributed by atoms with Crippen molar-refractivity contribution >= 4 is 5.91 Å². The second kappa shape index (κ2) is 7.44. The van der Waals surface area contributed by atoms with Crippen molar-refractivity contribution in [3.05, 3.63) is 54.1 Å². The van der Waals surface area contributed by atoms with E-state index in [4.69, 9.17) is 0 Å². The summed E-state index contributed by atoms with van der Waals surface area (Å²) in [5, 5.41) is 0. The molecule has 1 aromatic carbocycles. The van der Waals surface area contributed by atoms with Crippen molar-refractivity contribution in [2.24, 2.45) is 13.0 Å². The van der Waals surface area contributed by atoms with E-state index in [9.17, 15) is 4.79 Å². The van der Waals surface area contributed by atoms with Crippen LogP contribution in [0.15, 0.2) is 42.9 Å². The van der Waals surface area contributed by atoms with Gasteiger partial charge in [-0.05, 0) is 18.9 Å². The van der Waals surface area contributed by atoms with E-state index >= 15 is 0 Å².